The summed E-state index contributed by atoms with van der Waals surface area (Å²) in [5.74, 6) is 1.03. The number of furan rings is 1. The van der Waals surface area contributed by atoms with Gasteiger partial charge >= 0.3 is 0 Å². The van der Waals surface area contributed by atoms with E-state index in [1.54, 1.807) is 12.1 Å². The van der Waals surface area contributed by atoms with Crippen LogP contribution in [0.5, 0.6) is 0 Å². The molecule has 1 aromatic carbocycles. The van der Waals surface area contributed by atoms with Crippen LogP contribution >= 0.6 is 28.3 Å². The lowest BCUT2D eigenvalue weighted by Crippen LogP contribution is -2.09. The SMILES string of the molecule is Cl.N=C(N)c1ccc(-c2ccccc2Br)o1. The van der Waals surface area contributed by atoms with Crippen molar-refractivity contribution in [3.05, 3.63) is 46.6 Å². The lowest BCUT2D eigenvalue weighted by atomic mass is 10.2. The van der Waals surface area contributed by atoms with Crippen LogP contribution in [0.25, 0.3) is 11.3 Å². The number of nitrogens with two attached hydrogens (primary N) is 1. The highest BCUT2D eigenvalue weighted by Crippen LogP contribution is 2.29. The van der Waals surface area contributed by atoms with E-state index >= 15 is 0 Å². The van der Waals surface area contributed by atoms with E-state index in [0.717, 1.165) is 10.0 Å². The minimum absolute atomic E-state index is 0. The van der Waals surface area contributed by atoms with Crippen molar-refractivity contribution in [2.45, 2.75) is 0 Å². The Bertz CT molecular complexity index is 510. The Balaban J connectivity index is 0.00000128. The fraction of sp³-hybridized carbons (Fsp3) is 0. The van der Waals surface area contributed by atoms with Gasteiger partial charge in [-0.25, -0.2) is 0 Å². The van der Waals surface area contributed by atoms with Gasteiger partial charge in [0, 0.05) is 10.0 Å². The zero-order valence-corrected chi connectivity index (χ0v) is 10.6. The van der Waals surface area contributed by atoms with Crippen LogP contribution < -0.4 is 5.73 Å². The number of nitrogens with one attached hydrogen (secondary N) is 1. The smallest absolute Gasteiger partial charge is 0.168 e. The highest BCUT2D eigenvalue weighted by atomic mass is 79.9. The van der Waals surface area contributed by atoms with Gasteiger partial charge in [-0.3, -0.25) is 5.41 Å². The van der Waals surface area contributed by atoms with Crippen molar-refractivity contribution in [3.8, 4) is 11.3 Å². The maximum absolute atomic E-state index is 7.24. The first-order chi connectivity index (χ1) is 7.18. The lowest BCUT2D eigenvalue weighted by Gasteiger charge is -1.99. The van der Waals surface area contributed by atoms with Crippen LogP contribution in [0, 0.1) is 5.41 Å². The van der Waals surface area contributed by atoms with Crippen molar-refractivity contribution < 1.29 is 4.42 Å². The zero-order chi connectivity index (χ0) is 10.8. The van der Waals surface area contributed by atoms with Crippen molar-refractivity contribution in [3.63, 3.8) is 0 Å². The van der Waals surface area contributed by atoms with E-state index in [1.165, 1.54) is 0 Å². The number of rotatable bonds is 2. The molecule has 0 bridgehead atoms. The molecule has 0 radical (unpaired) electrons. The Morgan fingerprint density at radius 3 is 2.44 bits per heavy atom. The van der Waals surface area contributed by atoms with Crippen LogP contribution in [0.3, 0.4) is 0 Å². The quantitative estimate of drug-likeness (QED) is 0.659. The summed E-state index contributed by atoms with van der Waals surface area (Å²) < 4.78 is 6.39. The standard InChI is InChI=1S/C11H9BrN2O.ClH/c12-8-4-2-1-3-7(8)9-5-6-10(15-9)11(13)14;/h1-6H,(H3,13,14);1H. The minimum Gasteiger partial charge on any atom is -0.453 e. The molecule has 0 aliphatic heterocycles. The molecule has 0 aliphatic rings. The normalized spacial score (nSPS) is 9.56. The van der Waals surface area contributed by atoms with Gasteiger partial charge in [-0.1, -0.05) is 34.1 Å². The Morgan fingerprint density at radius 2 is 1.88 bits per heavy atom. The number of amidine groups is 1. The lowest BCUT2D eigenvalue weighted by molar-refractivity contribution is 0.570. The summed E-state index contributed by atoms with van der Waals surface area (Å²) in [6, 6.07) is 11.2. The predicted molar refractivity (Wildman–Crippen MR) is 70.1 cm³/mol. The van der Waals surface area contributed by atoms with E-state index in [1.807, 2.05) is 24.3 Å². The molecule has 0 aliphatic carbocycles. The van der Waals surface area contributed by atoms with Gasteiger partial charge in [-0.05, 0) is 18.2 Å². The highest BCUT2D eigenvalue weighted by Gasteiger charge is 2.08. The molecule has 16 heavy (non-hydrogen) atoms. The first-order valence-electron chi connectivity index (χ1n) is 4.37. The minimum atomic E-state index is -0.0618. The molecule has 3 nitrogen and oxygen atoms in total. The van der Waals surface area contributed by atoms with E-state index in [4.69, 9.17) is 15.6 Å². The second-order valence-electron chi connectivity index (χ2n) is 3.06. The summed E-state index contributed by atoms with van der Waals surface area (Å²) >= 11 is 3.43. The van der Waals surface area contributed by atoms with Crippen molar-refractivity contribution >= 4 is 34.2 Å². The van der Waals surface area contributed by atoms with Gasteiger partial charge in [0.1, 0.15) is 5.76 Å². The van der Waals surface area contributed by atoms with Gasteiger partial charge in [0.05, 0.1) is 0 Å². The molecule has 1 aromatic heterocycles. The Hall–Kier alpha value is -1.26. The third kappa shape index (κ3) is 2.46. The zero-order valence-electron chi connectivity index (χ0n) is 8.24. The van der Waals surface area contributed by atoms with Gasteiger partial charge < -0.3 is 10.2 Å². The molecule has 0 saturated heterocycles. The number of halogens is 2. The average Bonchev–Trinajstić information content (AvgIpc) is 2.67. The molecule has 0 unspecified atom stereocenters. The molecule has 0 spiro atoms. The topological polar surface area (TPSA) is 63.0 Å². The van der Waals surface area contributed by atoms with Crippen molar-refractivity contribution in [2.24, 2.45) is 5.73 Å². The molecule has 2 rings (SSSR count). The average molecular weight is 302 g/mol. The molecule has 0 atom stereocenters. The van der Waals surface area contributed by atoms with Crippen molar-refractivity contribution in [2.75, 3.05) is 0 Å². The number of hydrogen-bond acceptors (Lipinski definition) is 2. The number of nitrogen functional groups attached to an aromatic ring is 1. The summed E-state index contributed by atoms with van der Waals surface area (Å²) in [7, 11) is 0. The molecule has 0 saturated carbocycles. The van der Waals surface area contributed by atoms with Crippen LogP contribution in [-0.2, 0) is 0 Å². The van der Waals surface area contributed by atoms with Crippen molar-refractivity contribution in [1.82, 2.24) is 0 Å². The predicted octanol–water partition coefficient (Wildman–Crippen LogP) is 3.41. The van der Waals surface area contributed by atoms with Gasteiger partial charge in [0.2, 0.25) is 0 Å². The summed E-state index contributed by atoms with van der Waals surface area (Å²) in [5.41, 5.74) is 6.27. The molecule has 5 heteroatoms. The molecular weight excluding hydrogens is 291 g/mol. The third-order valence-corrected chi connectivity index (χ3v) is 2.70. The summed E-state index contributed by atoms with van der Waals surface area (Å²) in [4.78, 5) is 0. The number of benzene rings is 1. The van der Waals surface area contributed by atoms with Crippen LogP contribution in [0.15, 0.2) is 45.3 Å². The maximum atomic E-state index is 7.24. The van der Waals surface area contributed by atoms with Gasteiger partial charge in [-0.15, -0.1) is 12.4 Å². The summed E-state index contributed by atoms with van der Waals surface area (Å²) in [6.07, 6.45) is 0. The molecule has 2 aromatic rings. The molecular formula is C11H10BrClN2O. The first-order valence-corrected chi connectivity index (χ1v) is 5.17. The fourth-order valence-electron chi connectivity index (χ4n) is 1.29. The molecule has 0 fully saturated rings. The molecule has 1 heterocycles. The van der Waals surface area contributed by atoms with Crippen LogP contribution in [0.2, 0.25) is 0 Å². The van der Waals surface area contributed by atoms with Gasteiger partial charge in [0.25, 0.3) is 0 Å². The Kier molecular flexibility index (Phi) is 4.15. The van der Waals surface area contributed by atoms with Crippen LogP contribution in [-0.4, -0.2) is 5.84 Å². The second kappa shape index (κ2) is 5.18. The first kappa shape index (κ1) is 12.8. The summed E-state index contributed by atoms with van der Waals surface area (Å²) in [6.45, 7) is 0. The molecule has 0 amide bonds. The largest absolute Gasteiger partial charge is 0.453 e. The van der Waals surface area contributed by atoms with Crippen LogP contribution in [0.4, 0.5) is 0 Å². The van der Waals surface area contributed by atoms with Crippen molar-refractivity contribution in [1.29, 1.82) is 5.41 Å². The van der Waals surface area contributed by atoms with E-state index < -0.39 is 0 Å². The molecule has 3 N–H and O–H groups in total. The third-order valence-electron chi connectivity index (χ3n) is 2.01. The number of hydrogen-bond donors (Lipinski definition) is 2. The van der Waals surface area contributed by atoms with E-state index in [2.05, 4.69) is 15.9 Å². The Labute approximate surface area is 108 Å². The van der Waals surface area contributed by atoms with Crippen LogP contribution in [0.1, 0.15) is 5.76 Å². The summed E-state index contributed by atoms with van der Waals surface area (Å²) in [5, 5.41) is 7.24. The van der Waals surface area contributed by atoms with E-state index in [9.17, 15) is 0 Å². The molecule has 84 valence electrons. The second-order valence-corrected chi connectivity index (χ2v) is 3.91. The van der Waals surface area contributed by atoms with Gasteiger partial charge in [-0.2, -0.15) is 0 Å². The maximum Gasteiger partial charge on any atom is 0.168 e. The fourth-order valence-corrected chi connectivity index (χ4v) is 1.77. The highest BCUT2D eigenvalue weighted by molar-refractivity contribution is 9.10. The Morgan fingerprint density at radius 1 is 1.19 bits per heavy atom. The monoisotopic (exact) mass is 300 g/mol. The van der Waals surface area contributed by atoms with Gasteiger partial charge in [0.15, 0.2) is 11.6 Å². The van der Waals surface area contributed by atoms with E-state index in [0.29, 0.717) is 11.5 Å². The van der Waals surface area contributed by atoms with E-state index in [-0.39, 0.29) is 18.2 Å².